The van der Waals surface area contributed by atoms with Crippen LogP contribution in [0.2, 0.25) is 0 Å². The van der Waals surface area contributed by atoms with Gasteiger partial charge in [0.15, 0.2) is 0 Å². The van der Waals surface area contributed by atoms with Gasteiger partial charge in [-0.1, -0.05) is 6.08 Å². The maximum absolute atomic E-state index is 13.1. The molecule has 0 atom stereocenters. The summed E-state index contributed by atoms with van der Waals surface area (Å²) in [7, 11) is 0. The summed E-state index contributed by atoms with van der Waals surface area (Å²) in [6, 6.07) is 16.1. The molecule has 0 aliphatic rings. The Labute approximate surface area is 238 Å². The Morgan fingerprint density at radius 3 is 1.52 bits per heavy atom. The van der Waals surface area contributed by atoms with Crippen molar-refractivity contribution in [3.8, 4) is 11.4 Å². The average molecular weight is 731 g/mol. The fourth-order valence-electron chi connectivity index (χ4n) is 2.76. The van der Waals surface area contributed by atoms with E-state index in [0.29, 0.717) is 0 Å². The third-order valence-corrected chi connectivity index (χ3v) is 4.41. The summed E-state index contributed by atoms with van der Waals surface area (Å²) in [5.41, 5.74) is 0.261. The minimum Gasteiger partial charge on any atom is -0.811 e. The number of allylic oxidation sites excluding steroid dienone is 1. The van der Waals surface area contributed by atoms with Crippen molar-refractivity contribution >= 4 is 11.9 Å². The minimum atomic E-state index is -0.734. The standard InChI is InChI=1S/2C9H5F2N2.C9H6F2N2.Ir/c2*10-7-2-3-9(8(11)6-7)13-5-1-4-12-13;10-7-2-3-9(8(11)6-7)13-5-1-4-12;/h2*1-2,4-6H;1-2,4-6,13H;/q2*-1;-2;/b;;5-1-;. The molecule has 5 aromatic rings. The van der Waals surface area contributed by atoms with Crippen LogP contribution < -0.4 is 5.32 Å². The summed E-state index contributed by atoms with van der Waals surface area (Å²) in [5, 5.41) is 18.3. The fraction of sp³-hybridized carbons (Fsp3) is 0. The number of rotatable bonds is 5. The van der Waals surface area contributed by atoms with Crippen molar-refractivity contribution in [1.82, 2.24) is 19.6 Å². The molecule has 1 N–H and O–H groups in total. The molecule has 5 rings (SSSR count). The van der Waals surface area contributed by atoms with E-state index >= 15 is 0 Å². The molecule has 1 radical (unpaired) electrons. The molecule has 13 heteroatoms. The minimum absolute atomic E-state index is 0. The van der Waals surface area contributed by atoms with Gasteiger partial charge < -0.3 is 10.7 Å². The maximum atomic E-state index is 13.1. The molecule has 2 aromatic heterocycles. The van der Waals surface area contributed by atoms with Crippen molar-refractivity contribution in [2.45, 2.75) is 0 Å². The summed E-state index contributed by atoms with van der Waals surface area (Å²) in [6.07, 6.45) is 9.49. The fourth-order valence-corrected chi connectivity index (χ4v) is 2.76. The van der Waals surface area contributed by atoms with E-state index in [4.69, 9.17) is 5.41 Å². The van der Waals surface area contributed by atoms with E-state index < -0.39 is 34.9 Å². The molecule has 3 aromatic carbocycles. The Kier molecular flexibility index (Phi) is 12.5. The Balaban J connectivity index is 0.000000208. The Bertz CT molecular complexity index is 1440. The monoisotopic (exact) mass is 731 g/mol. The molecule has 0 aliphatic carbocycles. The van der Waals surface area contributed by atoms with Gasteiger partial charge in [-0.3, -0.25) is 35.7 Å². The van der Waals surface area contributed by atoms with Gasteiger partial charge in [-0.05, 0) is 35.4 Å². The van der Waals surface area contributed by atoms with Crippen LogP contribution in [-0.4, -0.2) is 25.8 Å². The van der Waals surface area contributed by atoms with Crippen molar-refractivity contribution in [3.63, 3.8) is 0 Å². The van der Waals surface area contributed by atoms with E-state index in [0.717, 1.165) is 42.6 Å². The van der Waals surface area contributed by atoms with Crippen LogP contribution in [0, 0.1) is 53.1 Å². The van der Waals surface area contributed by atoms with Crippen LogP contribution in [0.4, 0.5) is 32.0 Å². The summed E-state index contributed by atoms with van der Waals surface area (Å²) >= 11 is 0. The SMILES string of the molecule is Fc1c[c-]c(-n2cccn2)c(F)c1.Fc1c[c-]c(-n2cccn2)c(F)c1.[Ir].[N-]=C/C=C\Nc1[c-]cc(F)cc1F. The van der Waals surface area contributed by atoms with Gasteiger partial charge in [0, 0.05) is 79.8 Å². The molecule has 0 fully saturated rings. The number of halogens is 6. The molecule has 0 amide bonds. The second-order valence-electron chi connectivity index (χ2n) is 7.12. The van der Waals surface area contributed by atoms with E-state index in [9.17, 15) is 26.3 Å². The second-order valence-corrected chi connectivity index (χ2v) is 7.12. The van der Waals surface area contributed by atoms with Crippen molar-refractivity contribution in [2.75, 3.05) is 5.32 Å². The summed E-state index contributed by atoms with van der Waals surface area (Å²) in [6.45, 7) is 0. The van der Waals surface area contributed by atoms with Crippen LogP contribution in [0.1, 0.15) is 0 Å². The third kappa shape index (κ3) is 9.37. The van der Waals surface area contributed by atoms with E-state index in [1.807, 2.05) is 0 Å². The van der Waals surface area contributed by atoms with E-state index in [1.165, 1.54) is 34.0 Å². The average Bonchev–Trinajstić information content (AvgIpc) is 3.62. The largest absolute Gasteiger partial charge is 0.811 e. The molecule has 0 saturated carbocycles. The normalized spacial score (nSPS) is 10.1. The van der Waals surface area contributed by atoms with Crippen molar-refractivity contribution < 1.29 is 46.4 Å². The van der Waals surface area contributed by atoms with Crippen LogP contribution in [0.25, 0.3) is 16.8 Å². The van der Waals surface area contributed by atoms with Crippen LogP contribution >= 0.6 is 0 Å². The number of benzene rings is 3. The molecular formula is C27H16F6IrN6-4. The zero-order chi connectivity index (χ0) is 28.2. The smallest absolute Gasteiger partial charge is 0.0493 e. The second kappa shape index (κ2) is 15.8. The Morgan fingerprint density at radius 1 is 0.700 bits per heavy atom. The van der Waals surface area contributed by atoms with Gasteiger partial charge in [0.2, 0.25) is 0 Å². The molecule has 209 valence electrons. The molecule has 0 bridgehead atoms. The number of nitrogens with zero attached hydrogens (tertiary/aromatic N) is 5. The quantitative estimate of drug-likeness (QED) is 0.133. The van der Waals surface area contributed by atoms with Gasteiger partial charge in [0.25, 0.3) is 0 Å². The van der Waals surface area contributed by atoms with Crippen molar-refractivity contribution in [1.29, 1.82) is 0 Å². The molecule has 0 saturated heterocycles. The number of aromatic nitrogens is 4. The molecule has 0 spiro atoms. The van der Waals surface area contributed by atoms with E-state index in [1.54, 1.807) is 24.5 Å². The maximum Gasteiger partial charge on any atom is 0.0493 e. The molecule has 6 nitrogen and oxygen atoms in total. The summed E-state index contributed by atoms with van der Waals surface area (Å²) < 4.78 is 78.9. The Hall–Kier alpha value is -4.48. The van der Waals surface area contributed by atoms with Gasteiger partial charge in [0.05, 0.1) is 0 Å². The van der Waals surface area contributed by atoms with Crippen molar-refractivity contribution in [3.05, 3.63) is 144 Å². The number of anilines is 1. The first-order valence-corrected chi connectivity index (χ1v) is 10.8. The first-order chi connectivity index (χ1) is 18.8. The van der Waals surface area contributed by atoms with Crippen LogP contribution in [0.3, 0.4) is 0 Å². The van der Waals surface area contributed by atoms with Gasteiger partial charge in [-0.2, -0.15) is 34.6 Å². The first-order valence-electron chi connectivity index (χ1n) is 10.8. The van der Waals surface area contributed by atoms with Crippen LogP contribution in [-0.2, 0) is 20.1 Å². The third-order valence-electron chi connectivity index (χ3n) is 4.41. The zero-order valence-electron chi connectivity index (χ0n) is 20.0. The number of hydrogen-bond donors (Lipinski definition) is 1. The van der Waals surface area contributed by atoms with Crippen LogP contribution in [0.15, 0.2) is 85.6 Å². The summed E-state index contributed by atoms with van der Waals surface area (Å²) in [4.78, 5) is 0. The van der Waals surface area contributed by atoms with Gasteiger partial charge in [-0.25, -0.2) is 0 Å². The Morgan fingerprint density at radius 2 is 1.15 bits per heavy atom. The summed E-state index contributed by atoms with van der Waals surface area (Å²) in [5.74, 6) is -4.06. The molecule has 0 aliphatic heterocycles. The zero-order valence-corrected chi connectivity index (χ0v) is 22.4. The van der Waals surface area contributed by atoms with Crippen LogP contribution in [0.5, 0.6) is 0 Å². The predicted octanol–water partition coefficient (Wildman–Crippen LogP) is 6.23. The molecule has 40 heavy (non-hydrogen) atoms. The first kappa shape index (κ1) is 31.7. The molecule has 0 unspecified atom stereocenters. The van der Waals surface area contributed by atoms with Crippen molar-refractivity contribution in [2.24, 2.45) is 0 Å². The number of hydrogen-bond acceptors (Lipinski definition) is 3. The van der Waals surface area contributed by atoms with E-state index in [2.05, 4.69) is 33.7 Å². The van der Waals surface area contributed by atoms with Gasteiger partial charge in [0.1, 0.15) is 0 Å². The molecular weight excluding hydrogens is 715 g/mol. The van der Waals surface area contributed by atoms with Gasteiger partial charge >= 0.3 is 0 Å². The topological polar surface area (TPSA) is 70.0 Å². The number of nitrogens with one attached hydrogen (secondary N) is 1. The van der Waals surface area contributed by atoms with Gasteiger partial charge in [-0.15, -0.1) is 36.4 Å². The molecule has 2 heterocycles. The predicted molar refractivity (Wildman–Crippen MR) is 132 cm³/mol. The van der Waals surface area contributed by atoms with E-state index in [-0.39, 0.29) is 37.2 Å².